The fourth-order valence-electron chi connectivity index (χ4n) is 1.41. The Bertz CT molecular complexity index is 644. The zero-order valence-electron chi connectivity index (χ0n) is 10.5. The van der Waals surface area contributed by atoms with Gasteiger partial charge in [-0.2, -0.15) is 0 Å². The molecule has 0 aliphatic heterocycles. The van der Waals surface area contributed by atoms with Gasteiger partial charge < -0.3 is 10.1 Å². The van der Waals surface area contributed by atoms with E-state index >= 15 is 0 Å². The van der Waals surface area contributed by atoms with Crippen molar-refractivity contribution in [2.45, 2.75) is 0 Å². The third kappa shape index (κ3) is 3.30. The molecule has 1 amide bonds. The quantitative estimate of drug-likeness (QED) is 0.877. The van der Waals surface area contributed by atoms with Gasteiger partial charge in [-0.3, -0.25) is 4.79 Å². The van der Waals surface area contributed by atoms with Gasteiger partial charge in [-0.1, -0.05) is 17.7 Å². The summed E-state index contributed by atoms with van der Waals surface area (Å²) in [6.07, 6.45) is 1.37. The van der Waals surface area contributed by atoms with Crippen LogP contribution in [0.25, 0.3) is 0 Å². The number of anilines is 1. The number of esters is 1. The van der Waals surface area contributed by atoms with E-state index in [4.69, 9.17) is 11.6 Å². The second-order valence-electron chi connectivity index (χ2n) is 3.72. The lowest BCUT2D eigenvalue weighted by molar-refractivity contribution is 0.0594. The molecule has 2 aromatic heterocycles. The van der Waals surface area contributed by atoms with E-state index in [2.05, 4.69) is 20.0 Å². The monoisotopic (exact) mass is 291 g/mol. The molecule has 0 atom stereocenters. The Morgan fingerprint density at radius 3 is 2.65 bits per heavy atom. The van der Waals surface area contributed by atoms with Crippen molar-refractivity contribution in [3.05, 3.63) is 52.9 Å². The Balaban J connectivity index is 2.15. The molecule has 0 unspecified atom stereocenters. The second kappa shape index (κ2) is 6.12. The highest BCUT2D eigenvalue weighted by atomic mass is 35.5. The third-order valence-electron chi connectivity index (χ3n) is 2.35. The summed E-state index contributed by atoms with van der Waals surface area (Å²) in [4.78, 5) is 31.1. The van der Waals surface area contributed by atoms with Crippen LogP contribution in [0.15, 0.2) is 36.5 Å². The number of hydrogen-bond acceptors (Lipinski definition) is 5. The minimum atomic E-state index is -0.578. The first-order valence-corrected chi connectivity index (χ1v) is 5.96. The van der Waals surface area contributed by atoms with E-state index in [0.717, 1.165) is 0 Å². The predicted molar refractivity (Wildman–Crippen MR) is 72.8 cm³/mol. The number of hydrogen-bond donors (Lipinski definition) is 1. The highest BCUT2D eigenvalue weighted by Gasteiger charge is 2.11. The van der Waals surface area contributed by atoms with Gasteiger partial charge in [0.2, 0.25) is 0 Å². The van der Waals surface area contributed by atoms with Crippen molar-refractivity contribution in [1.29, 1.82) is 0 Å². The molecule has 7 heteroatoms. The molecule has 6 nitrogen and oxygen atoms in total. The van der Waals surface area contributed by atoms with E-state index in [9.17, 15) is 9.59 Å². The first-order chi connectivity index (χ1) is 9.60. The van der Waals surface area contributed by atoms with E-state index in [-0.39, 0.29) is 17.2 Å². The van der Waals surface area contributed by atoms with Gasteiger partial charge >= 0.3 is 5.97 Å². The third-order valence-corrected chi connectivity index (χ3v) is 2.57. The van der Waals surface area contributed by atoms with E-state index in [1.807, 2.05) is 0 Å². The number of ether oxygens (including phenoxy) is 1. The highest BCUT2D eigenvalue weighted by Crippen LogP contribution is 2.10. The SMILES string of the molecule is COC(=O)c1cccc(NC(=O)c2ccc(Cl)cn2)n1. The van der Waals surface area contributed by atoms with Crippen LogP contribution in [0.3, 0.4) is 0 Å². The first kappa shape index (κ1) is 14.0. The summed E-state index contributed by atoms with van der Waals surface area (Å²) in [7, 11) is 1.26. The van der Waals surface area contributed by atoms with Crippen LogP contribution in [-0.4, -0.2) is 29.0 Å². The van der Waals surface area contributed by atoms with Gasteiger partial charge in [0.25, 0.3) is 5.91 Å². The van der Waals surface area contributed by atoms with Crippen molar-refractivity contribution in [2.75, 3.05) is 12.4 Å². The molecule has 2 rings (SSSR count). The molecule has 0 bridgehead atoms. The Labute approximate surface area is 119 Å². The van der Waals surface area contributed by atoms with Crippen LogP contribution in [0.4, 0.5) is 5.82 Å². The lowest BCUT2D eigenvalue weighted by Gasteiger charge is -2.05. The fraction of sp³-hybridized carbons (Fsp3) is 0.0769. The zero-order chi connectivity index (χ0) is 14.5. The summed E-state index contributed by atoms with van der Waals surface area (Å²) in [6.45, 7) is 0. The highest BCUT2D eigenvalue weighted by molar-refractivity contribution is 6.30. The first-order valence-electron chi connectivity index (χ1n) is 5.58. The number of aromatic nitrogens is 2. The second-order valence-corrected chi connectivity index (χ2v) is 4.15. The lowest BCUT2D eigenvalue weighted by atomic mass is 10.3. The molecule has 0 aromatic carbocycles. The van der Waals surface area contributed by atoms with Gasteiger partial charge in [-0.05, 0) is 24.3 Å². The molecule has 1 N–H and O–H groups in total. The van der Waals surface area contributed by atoms with Gasteiger partial charge in [-0.25, -0.2) is 14.8 Å². The average molecular weight is 292 g/mol. The molecule has 102 valence electrons. The van der Waals surface area contributed by atoms with Crippen LogP contribution in [0, 0.1) is 0 Å². The van der Waals surface area contributed by atoms with Crippen molar-refractivity contribution in [2.24, 2.45) is 0 Å². The summed E-state index contributed by atoms with van der Waals surface area (Å²) < 4.78 is 4.55. The van der Waals surface area contributed by atoms with Crippen LogP contribution in [-0.2, 0) is 4.74 Å². The molecule has 0 fully saturated rings. The topological polar surface area (TPSA) is 81.2 Å². The molecule has 0 spiro atoms. The Hall–Kier alpha value is -2.47. The van der Waals surface area contributed by atoms with Crippen LogP contribution < -0.4 is 5.32 Å². The molecule has 2 heterocycles. The van der Waals surface area contributed by atoms with Crippen LogP contribution in [0.1, 0.15) is 21.0 Å². The van der Waals surface area contributed by atoms with Gasteiger partial charge in [-0.15, -0.1) is 0 Å². The van der Waals surface area contributed by atoms with E-state index in [1.54, 1.807) is 18.2 Å². The van der Waals surface area contributed by atoms with Gasteiger partial charge in [0.05, 0.1) is 12.1 Å². The summed E-state index contributed by atoms with van der Waals surface area (Å²) >= 11 is 5.69. The van der Waals surface area contributed by atoms with E-state index in [0.29, 0.717) is 5.02 Å². The van der Waals surface area contributed by atoms with Crippen molar-refractivity contribution in [3.63, 3.8) is 0 Å². The van der Waals surface area contributed by atoms with Crippen molar-refractivity contribution < 1.29 is 14.3 Å². The number of pyridine rings is 2. The smallest absolute Gasteiger partial charge is 0.356 e. The van der Waals surface area contributed by atoms with Crippen LogP contribution >= 0.6 is 11.6 Å². The largest absolute Gasteiger partial charge is 0.464 e. The minimum absolute atomic E-state index is 0.106. The summed E-state index contributed by atoms with van der Waals surface area (Å²) in [5.41, 5.74) is 0.300. The normalized spacial score (nSPS) is 9.90. The zero-order valence-corrected chi connectivity index (χ0v) is 11.2. The Morgan fingerprint density at radius 1 is 1.20 bits per heavy atom. The Kier molecular flexibility index (Phi) is 4.27. The number of methoxy groups -OCH3 is 1. The molecule has 2 aromatic rings. The van der Waals surface area contributed by atoms with E-state index in [1.165, 1.54) is 25.4 Å². The minimum Gasteiger partial charge on any atom is -0.464 e. The maximum absolute atomic E-state index is 11.9. The number of amides is 1. The number of nitrogens with one attached hydrogen (secondary N) is 1. The van der Waals surface area contributed by atoms with Crippen molar-refractivity contribution in [3.8, 4) is 0 Å². The maximum Gasteiger partial charge on any atom is 0.356 e. The number of rotatable bonds is 3. The summed E-state index contributed by atoms with van der Waals surface area (Å²) in [5.74, 6) is -0.795. The van der Waals surface area contributed by atoms with Crippen molar-refractivity contribution >= 4 is 29.3 Å². The van der Waals surface area contributed by atoms with Crippen molar-refractivity contribution in [1.82, 2.24) is 9.97 Å². The van der Waals surface area contributed by atoms with Crippen LogP contribution in [0.5, 0.6) is 0 Å². The molecular formula is C13H10ClN3O3. The number of carbonyl (C=O) groups excluding carboxylic acids is 2. The molecule has 0 radical (unpaired) electrons. The molecule has 0 aliphatic carbocycles. The number of nitrogens with zero attached hydrogens (tertiary/aromatic N) is 2. The molecule has 0 saturated carbocycles. The molecule has 0 saturated heterocycles. The molecule has 0 aliphatic rings. The maximum atomic E-state index is 11.9. The lowest BCUT2D eigenvalue weighted by Crippen LogP contribution is -2.15. The summed E-state index contributed by atoms with van der Waals surface area (Å²) in [6, 6.07) is 7.68. The standard InChI is InChI=1S/C13H10ClN3O3/c1-20-13(19)10-3-2-4-11(16-10)17-12(18)9-6-5-8(14)7-15-9/h2-7H,1H3,(H,16,17,18). The average Bonchev–Trinajstić information content (AvgIpc) is 2.47. The van der Waals surface area contributed by atoms with Gasteiger partial charge in [0.1, 0.15) is 11.5 Å². The predicted octanol–water partition coefficient (Wildman–Crippen LogP) is 2.17. The fourth-order valence-corrected chi connectivity index (χ4v) is 1.52. The van der Waals surface area contributed by atoms with Gasteiger partial charge in [0, 0.05) is 6.20 Å². The summed E-state index contributed by atoms with van der Waals surface area (Å²) in [5, 5.41) is 2.97. The number of carbonyl (C=O) groups is 2. The van der Waals surface area contributed by atoms with Crippen LogP contribution in [0.2, 0.25) is 5.02 Å². The van der Waals surface area contributed by atoms with Gasteiger partial charge in [0.15, 0.2) is 5.69 Å². The molecular weight excluding hydrogens is 282 g/mol. The number of halogens is 1. The molecule has 20 heavy (non-hydrogen) atoms. The Morgan fingerprint density at radius 2 is 2.00 bits per heavy atom. The van der Waals surface area contributed by atoms with E-state index < -0.39 is 11.9 Å².